The monoisotopic (exact) mass is 552 g/mol. The first-order chi connectivity index (χ1) is 13.1. The number of guanidine groups is 1. The van der Waals surface area contributed by atoms with Gasteiger partial charge in [0.2, 0.25) is 0 Å². The van der Waals surface area contributed by atoms with Gasteiger partial charge in [0.1, 0.15) is 5.01 Å². The van der Waals surface area contributed by atoms with Crippen LogP contribution in [0.4, 0.5) is 26.3 Å². The van der Waals surface area contributed by atoms with E-state index in [1.165, 1.54) is 12.1 Å². The fraction of sp³-hybridized carbons (Fsp3) is 0.412. The molecule has 0 bridgehead atoms. The summed E-state index contributed by atoms with van der Waals surface area (Å²) in [5, 5.41) is 7.11. The quantitative estimate of drug-likeness (QED) is 0.227. The van der Waals surface area contributed by atoms with Crippen molar-refractivity contribution in [3.8, 4) is 0 Å². The lowest BCUT2D eigenvalue weighted by Gasteiger charge is -2.11. The topological polar surface area (TPSA) is 49.3 Å². The SMILES string of the molecule is CCNC(=NCc1nc(C(F)(F)F)cs1)NCCc1ccc(C(F)(F)F)cc1.I. The first-order valence-electron chi connectivity index (χ1n) is 8.29. The summed E-state index contributed by atoms with van der Waals surface area (Å²) in [7, 11) is 0. The number of rotatable bonds is 6. The number of hydrogen-bond donors (Lipinski definition) is 2. The van der Waals surface area contributed by atoms with Gasteiger partial charge in [-0.05, 0) is 31.0 Å². The molecule has 0 aliphatic rings. The second-order valence-electron chi connectivity index (χ2n) is 5.69. The summed E-state index contributed by atoms with van der Waals surface area (Å²) < 4.78 is 75.3. The zero-order valence-corrected chi connectivity index (χ0v) is 18.3. The van der Waals surface area contributed by atoms with Gasteiger partial charge in [0.25, 0.3) is 0 Å². The molecule has 0 unspecified atom stereocenters. The van der Waals surface area contributed by atoms with Crippen LogP contribution < -0.4 is 10.6 Å². The second-order valence-corrected chi connectivity index (χ2v) is 6.63. The summed E-state index contributed by atoms with van der Waals surface area (Å²) in [6.45, 7) is 2.75. The van der Waals surface area contributed by atoms with Crippen LogP contribution in [0.25, 0.3) is 0 Å². The van der Waals surface area contributed by atoms with Crippen molar-refractivity contribution in [1.29, 1.82) is 0 Å². The van der Waals surface area contributed by atoms with Crippen molar-refractivity contribution in [3.63, 3.8) is 0 Å². The van der Waals surface area contributed by atoms with Crippen molar-refractivity contribution >= 4 is 41.3 Å². The standard InChI is InChI=1S/C17H18F6N4S.HI/c1-2-24-15(26-9-14-27-13(10-28-14)17(21,22)23)25-8-7-11-3-5-12(6-4-11)16(18,19)20;/h3-6,10H,2,7-9H2,1H3,(H2,24,25,26);1H. The van der Waals surface area contributed by atoms with Gasteiger partial charge in [-0.25, -0.2) is 9.98 Å². The third kappa shape index (κ3) is 8.36. The van der Waals surface area contributed by atoms with Gasteiger partial charge in [-0.3, -0.25) is 0 Å². The summed E-state index contributed by atoms with van der Waals surface area (Å²) in [6.07, 6.45) is -8.40. The highest BCUT2D eigenvalue weighted by Crippen LogP contribution is 2.30. The van der Waals surface area contributed by atoms with Crippen LogP contribution in [0.5, 0.6) is 0 Å². The van der Waals surface area contributed by atoms with Crippen LogP contribution in [-0.2, 0) is 25.3 Å². The zero-order valence-electron chi connectivity index (χ0n) is 15.2. The molecule has 1 aromatic heterocycles. The van der Waals surface area contributed by atoms with Gasteiger partial charge in [0, 0.05) is 18.5 Å². The van der Waals surface area contributed by atoms with Crippen LogP contribution in [0.1, 0.15) is 28.8 Å². The van der Waals surface area contributed by atoms with Crippen LogP contribution in [0.2, 0.25) is 0 Å². The molecule has 1 heterocycles. The molecule has 1 aromatic carbocycles. The first kappa shape index (κ1) is 25.5. The van der Waals surface area contributed by atoms with Crippen LogP contribution in [0, 0.1) is 0 Å². The van der Waals surface area contributed by atoms with Gasteiger partial charge in [-0.1, -0.05) is 12.1 Å². The van der Waals surface area contributed by atoms with Crippen molar-refractivity contribution in [2.75, 3.05) is 13.1 Å². The van der Waals surface area contributed by atoms with Crippen LogP contribution >= 0.6 is 35.3 Å². The molecule has 2 N–H and O–H groups in total. The van der Waals surface area contributed by atoms with Crippen LogP contribution in [0.15, 0.2) is 34.6 Å². The van der Waals surface area contributed by atoms with Crippen LogP contribution in [-0.4, -0.2) is 24.0 Å². The molecule has 0 spiro atoms. The molecule has 0 fully saturated rings. The zero-order chi connectivity index (χ0) is 20.8. The molecule has 0 saturated carbocycles. The highest BCUT2D eigenvalue weighted by Gasteiger charge is 2.33. The van der Waals surface area contributed by atoms with Crippen molar-refractivity contribution in [2.24, 2.45) is 4.99 Å². The van der Waals surface area contributed by atoms with Gasteiger partial charge >= 0.3 is 12.4 Å². The predicted octanol–water partition coefficient (Wildman–Crippen LogP) is 5.10. The van der Waals surface area contributed by atoms with Gasteiger partial charge in [-0.2, -0.15) is 26.3 Å². The van der Waals surface area contributed by atoms with E-state index >= 15 is 0 Å². The van der Waals surface area contributed by atoms with E-state index in [-0.39, 0.29) is 35.5 Å². The fourth-order valence-corrected chi connectivity index (χ4v) is 2.91. The molecule has 12 heteroatoms. The third-order valence-electron chi connectivity index (χ3n) is 3.55. The summed E-state index contributed by atoms with van der Waals surface area (Å²) in [5.41, 5.74) is -0.935. The maximum absolute atomic E-state index is 12.6. The van der Waals surface area contributed by atoms with Crippen molar-refractivity contribution in [2.45, 2.75) is 32.2 Å². The summed E-state index contributed by atoms with van der Waals surface area (Å²) in [6, 6.07) is 4.86. The maximum Gasteiger partial charge on any atom is 0.434 e. The van der Waals surface area contributed by atoms with Gasteiger partial charge in [-0.15, -0.1) is 35.3 Å². The molecular weight excluding hydrogens is 533 g/mol. The Bertz CT molecular complexity index is 786. The largest absolute Gasteiger partial charge is 0.434 e. The Morgan fingerprint density at radius 1 is 1.03 bits per heavy atom. The Morgan fingerprint density at radius 2 is 1.69 bits per heavy atom. The number of nitrogens with zero attached hydrogens (tertiary/aromatic N) is 2. The molecule has 2 rings (SSSR count). The first-order valence-corrected chi connectivity index (χ1v) is 9.17. The van der Waals surface area contributed by atoms with E-state index in [0.717, 1.165) is 28.8 Å². The molecule has 0 atom stereocenters. The molecule has 162 valence electrons. The fourth-order valence-electron chi connectivity index (χ4n) is 2.19. The minimum Gasteiger partial charge on any atom is -0.357 e. The van der Waals surface area contributed by atoms with Gasteiger partial charge in [0.05, 0.1) is 12.1 Å². The highest BCUT2D eigenvalue weighted by atomic mass is 127. The molecule has 29 heavy (non-hydrogen) atoms. The molecule has 0 saturated heterocycles. The second kappa shape index (κ2) is 11.0. The van der Waals surface area contributed by atoms with E-state index in [1.807, 2.05) is 6.92 Å². The lowest BCUT2D eigenvalue weighted by Crippen LogP contribution is -2.38. The Kier molecular flexibility index (Phi) is 9.65. The average Bonchev–Trinajstić information content (AvgIpc) is 3.09. The van der Waals surface area contributed by atoms with Gasteiger partial charge < -0.3 is 10.6 Å². The molecule has 0 aliphatic heterocycles. The minimum atomic E-state index is -4.48. The summed E-state index contributed by atoms with van der Waals surface area (Å²) >= 11 is 0.875. The van der Waals surface area contributed by atoms with Gasteiger partial charge in [0.15, 0.2) is 11.7 Å². The molecule has 0 aliphatic carbocycles. The lowest BCUT2D eigenvalue weighted by atomic mass is 10.1. The van der Waals surface area contributed by atoms with E-state index in [2.05, 4.69) is 20.6 Å². The molecule has 4 nitrogen and oxygen atoms in total. The third-order valence-corrected chi connectivity index (χ3v) is 4.38. The van der Waals surface area contributed by atoms with Crippen molar-refractivity contribution in [1.82, 2.24) is 15.6 Å². The van der Waals surface area contributed by atoms with E-state index in [4.69, 9.17) is 0 Å². The Morgan fingerprint density at radius 3 is 2.21 bits per heavy atom. The molecular formula is C17H19F6IN4S. The number of aliphatic imine (C=N–C) groups is 1. The Hall–Kier alpha value is -1.57. The highest BCUT2D eigenvalue weighted by molar-refractivity contribution is 14.0. The average molecular weight is 552 g/mol. The molecule has 0 amide bonds. The predicted molar refractivity (Wildman–Crippen MR) is 110 cm³/mol. The number of aromatic nitrogens is 1. The number of hydrogen-bond acceptors (Lipinski definition) is 3. The maximum atomic E-state index is 12.6. The normalized spacial score (nSPS) is 12.4. The van der Waals surface area contributed by atoms with E-state index in [1.54, 1.807) is 0 Å². The smallest absolute Gasteiger partial charge is 0.357 e. The summed E-state index contributed by atoms with van der Waals surface area (Å²) in [5.74, 6) is 0.387. The lowest BCUT2D eigenvalue weighted by molar-refractivity contribution is -0.141. The molecule has 0 radical (unpaired) electrons. The number of nitrogens with one attached hydrogen (secondary N) is 2. The number of halogens is 7. The molecule has 2 aromatic rings. The van der Waals surface area contributed by atoms with Crippen molar-refractivity contribution < 1.29 is 26.3 Å². The van der Waals surface area contributed by atoms with E-state index in [0.29, 0.717) is 31.0 Å². The van der Waals surface area contributed by atoms with E-state index in [9.17, 15) is 26.3 Å². The Labute approximate surface area is 184 Å². The summed E-state index contributed by atoms with van der Waals surface area (Å²) in [4.78, 5) is 7.69. The number of benzene rings is 1. The Balaban J connectivity index is 0.00000420. The number of thiazole rings is 1. The minimum absolute atomic E-state index is 0. The van der Waals surface area contributed by atoms with Crippen LogP contribution in [0.3, 0.4) is 0 Å². The van der Waals surface area contributed by atoms with E-state index < -0.39 is 23.6 Å². The van der Waals surface area contributed by atoms with Crippen molar-refractivity contribution in [3.05, 3.63) is 51.5 Å². The number of alkyl halides is 6.